The largest absolute Gasteiger partial charge is 0.393 e. The zero-order chi connectivity index (χ0) is 15.4. The van der Waals surface area contributed by atoms with Gasteiger partial charge in [-0.2, -0.15) is 0 Å². The zero-order valence-corrected chi connectivity index (χ0v) is 13.2. The summed E-state index contributed by atoms with van der Waals surface area (Å²) in [6, 6.07) is 8.17. The van der Waals surface area contributed by atoms with Gasteiger partial charge in [-0.05, 0) is 30.9 Å². The van der Waals surface area contributed by atoms with Gasteiger partial charge in [0, 0.05) is 6.54 Å². The van der Waals surface area contributed by atoms with E-state index in [1.54, 1.807) is 4.68 Å². The zero-order valence-electron chi connectivity index (χ0n) is 13.2. The fraction of sp³-hybridized carbons (Fsp3) is 0.471. The first kappa shape index (κ1) is 15.4. The van der Waals surface area contributed by atoms with Crippen molar-refractivity contribution in [2.45, 2.75) is 53.1 Å². The number of benzene rings is 1. The Hall–Kier alpha value is -1.97. The molecule has 0 fully saturated rings. The van der Waals surface area contributed by atoms with Gasteiger partial charge in [-0.15, -0.1) is 0 Å². The first-order valence-corrected chi connectivity index (χ1v) is 7.72. The van der Waals surface area contributed by atoms with Crippen LogP contribution in [0.25, 0.3) is 0 Å². The minimum Gasteiger partial charge on any atom is -0.393 e. The average molecular weight is 287 g/mol. The van der Waals surface area contributed by atoms with Crippen LogP contribution >= 0.6 is 0 Å². The lowest BCUT2D eigenvalue weighted by atomic mass is 10.1. The van der Waals surface area contributed by atoms with E-state index >= 15 is 0 Å². The SMILES string of the molecule is CCCc1c(N)c(=O)n(Cc2ccccc2C)n1CCC. The highest BCUT2D eigenvalue weighted by Gasteiger charge is 2.17. The number of aromatic nitrogens is 2. The molecule has 0 aliphatic rings. The Balaban J connectivity index is 2.50. The quantitative estimate of drug-likeness (QED) is 0.888. The predicted molar refractivity (Wildman–Crippen MR) is 87.7 cm³/mol. The van der Waals surface area contributed by atoms with Crippen molar-refractivity contribution in [3.05, 3.63) is 51.4 Å². The summed E-state index contributed by atoms with van der Waals surface area (Å²) in [5.41, 5.74) is 9.76. The number of nitrogens with zero attached hydrogens (tertiary/aromatic N) is 2. The molecular weight excluding hydrogens is 262 g/mol. The Kier molecular flexibility index (Phi) is 4.89. The van der Waals surface area contributed by atoms with Gasteiger partial charge in [0.1, 0.15) is 5.69 Å². The van der Waals surface area contributed by atoms with Gasteiger partial charge in [0.2, 0.25) is 0 Å². The van der Waals surface area contributed by atoms with Crippen LogP contribution in [0.4, 0.5) is 5.69 Å². The number of anilines is 1. The molecule has 2 aromatic rings. The van der Waals surface area contributed by atoms with Gasteiger partial charge in [-0.3, -0.25) is 9.48 Å². The highest BCUT2D eigenvalue weighted by atomic mass is 16.1. The van der Waals surface area contributed by atoms with Crippen LogP contribution < -0.4 is 11.3 Å². The number of aryl methyl sites for hydroxylation is 1. The summed E-state index contributed by atoms with van der Waals surface area (Å²) < 4.78 is 3.87. The predicted octanol–water partition coefficient (Wildman–Crippen LogP) is 2.95. The maximum Gasteiger partial charge on any atom is 0.290 e. The fourth-order valence-electron chi connectivity index (χ4n) is 2.73. The topological polar surface area (TPSA) is 53.0 Å². The third kappa shape index (κ3) is 3.04. The summed E-state index contributed by atoms with van der Waals surface area (Å²) in [6.07, 6.45) is 2.82. The molecule has 0 bridgehead atoms. The molecule has 1 aromatic heterocycles. The lowest BCUT2D eigenvalue weighted by Crippen LogP contribution is -2.25. The molecule has 0 spiro atoms. The van der Waals surface area contributed by atoms with Crippen LogP contribution in [0.2, 0.25) is 0 Å². The van der Waals surface area contributed by atoms with E-state index in [9.17, 15) is 4.79 Å². The number of nitrogens with two attached hydrogens (primary N) is 1. The Bertz CT molecular complexity index is 667. The van der Waals surface area contributed by atoms with E-state index in [0.717, 1.165) is 37.1 Å². The molecule has 21 heavy (non-hydrogen) atoms. The van der Waals surface area contributed by atoms with Crippen LogP contribution in [-0.4, -0.2) is 9.36 Å². The third-order valence-corrected chi connectivity index (χ3v) is 3.88. The molecule has 0 radical (unpaired) electrons. The van der Waals surface area contributed by atoms with Crippen molar-refractivity contribution in [2.24, 2.45) is 0 Å². The van der Waals surface area contributed by atoms with Crippen LogP contribution in [0.15, 0.2) is 29.1 Å². The summed E-state index contributed by atoms with van der Waals surface area (Å²) in [4.78, 5) is 12.5. The molecule has 1 aromatic carbocycles. The summed E-state index contributed by atoms with van der Waals surface area (Å²) >= 11 is 0. The van der Waals surface area contributed by atoms with Gasteiger partial charge >= 0.3 is 0 Å². The molecule has 4 heteroatoms. The van der Waals surface area contributed by atoms with E-state index in [4.69, 9.17) is 5.73 Å². The summed E-state index contributed by atoms with van der Waals surface area (Å²) in [6.45, 7) is 7.71. The van der Waals surface area contributed by atoms with E-state index in [1.165, 1.54) is 5.56 Å². The van der Waals surface area contributed by atoms with E-state index in [1.807, 2.05) is 12.1 Å². The molecule has 2 rings (SSSR count). The standard InChI is InChI=1S/C17H25N3O/c1-4-8-15-16(18)17(21)20(19(15)11-5-2)12-14-10-7-6-9-13(14)3/h6-7,9-10H,4-5,8,11-12,18H2,1-3H3. The smallest absolute Gasteiger partial charge is 0.290 e. The molecule has 4 nitrogen and oxygen atoms in total. The minimum atomic E-state index is -0.0600. The van der Waals surface area contributed by atoms with Crippen LogP contribution in [0.1, 0.15) is 43.5 Å². The molecular formula is C17H25N3O. The molecule has 0 amide bonds. The lowest BCUT2D eigenvalue weighted by molar-refractivity contribution is 0.448. The number of rotatable bonds is 6. The summed E-state index contributed by atoms with van der Waals surface area (Å²) in [5.74, 6) is 0. The average Bonchev–Trinajstić information content (AvgIpc) is 2.68. The van der Waals surface area contributed by atoms with Crippen molar-refractivity contribution in [2.75, 3.05) is 5.73 Å². The summed E-state index contributed by atoms with van der Waals surface area (Å²) in [5, 5.41) is 0. The van der Waals surface area contributed by atoms with Crippen molar-refractivity contribution < 1.29 is 0 Å². The van der Waals surface area contributed by atoms with Gasteiger partial charge in [0.25, 0.3) is 5.56 Å². The normalized spacial score (nSPS) is 11.0. The molecule has 0 saturated heterocycles. The van der Waals surface area contributed by atoms with E-state index < -0.39 is 0 Å². The molecule has 2 N–H and O–H groups in total. The van der Waals surface area contributed by atoms with Gasteiger partial charge < -0.3 is 5.73 Å². The van der Waals surface area contributed by atoms with Gasteiger partial charge in [-0.25, -0.2) is 4.68 Å². The molecule has 0 saturated carbocycles. The second kappa shape index (κ2) is 6.66. The Labute approximate surface area is 126 Å². The molecule has 0 aliphatic heterocycles. The van der Waals surface area contributed by atoms with Crippen molar-refractivity contribution in [1.29, 1.82) is 0 Å². The number of nitrogen functional groups attached to an aromatic ring is 1. The fourth-order valence-corrected chi connectivity index (χ4v) is 2.73. The molecule has 0 aliphatic carbocycles. The maximum absolute atomic E-state index is 12.5. The van der Waals surface area contributed by atoms with Crippen LogP contribution in [0.5, 0.6) is 0 Å². The Morgan fingerprint density at radius 2 is 1.81 bits per heavy atom. The molecule has 114 valence electrons. The van der Waals surface area contributed by atoms with Gasteiger partial charge in [0.05, 0.1) is 12.2 Å². The second-order valence-electron chi connectivity index (χ2n) is 5.52. The third-order valence-electron chi connectivity index (χ3n) is 3.88. The van der Waals surface area contributed by atoms with Crippen LogP contribution in [0.3, 0.4) is 0 Å². The minimum absolute atomic E-state index is 0.0600. The Morgan fingerprint density at radius 1 is 1.10 bits per heavy atom. The number of hydrogen-bond donors (Lipinski definition) is 1. The Morgan fingerprint density at radius 3 is 2.43 bits per heavy atom. The first-order chi connectivity index (χ1) is 10.1. The van der Waals surface area contributed by atoms with Crippen molar-refractivity contribution in [3.63, 3.8) is 0 Å². The monoisotopic (exact) mass is 287 g/mol. The van der Waals surface area contributed by atoms with Gasteiger partial charge in [-0.1, -0.05) is 44.5 Å². The van der Waals surface area contributed by atoms with E-state index in [-0.39, 0.29) is 5.56 Å². The highest BCUT2D eigenvalue weighted by Crippen LogP contribution is 2.15. The number of hydrogen-bond acceptors (Lipinski definition) is 2. The van der Waals surface area contributed by atoms with Crippen LogP contribution in [0, 0.1) is 6.92 Å². The maximum atomic E-state index is 12.5. The van der Waals surface area contributed by atoms with E-state index in [2.05, 4.69) is 37.6 Å². The van der Waals surface area contributed by atoms with E-state index in [0.29, 0.717) is 12.2 Å². The van der Waals surface area contributed by atoms with Crippen LogP contribution in [-0.2, 0) is 19.5 Å². The van der Waals surface area contributed by atoms with Crippen molar-refractivity contribution in [1.82, 2.24) is 9.36 Å². The van der Waals surface area contributed by atoms with Crippen molar-refractivity contribution >= 4 is 5.69 Å². The highest BCUT2D eigenvalue weighted by molar-refractivity contribution is 5.42. The van der Waals surface area contributed by atoms with Crippen molar-refractivity contribution in [3.8, 4) is 0 Å². The first-order valence-electron chi connectivity index (χ1n) is 7.72. The second-order valence-corrected chi connectivity index (χ2v) is 5.52. The molecule has 0 atom stereocenters. The molecule has 0 unspecified atom stereocenters. The lowest BCUT2D eigenvalue weighted by Gasteiger charge is -2.15. The van der Waals surface area contributed by atoms with Gasteiger partial charge in [0.15, 0.2) is 0 Å². The summed E-state index contributed by atoms with van der Waals surface area (Å²) in [7, 11) is 0. The molecule has 1 heterocycles.